The lowest BCUT2D eigenvalue weighted by Crippen LogP contribution is -2.47. The Bertz CT molecular complexity index is 368. The molecular weight excluding hydrogens is 214 g/mol. The zero-order valence-corrected chi connectivity index (χ0v) is 11.3. The van der Waals surface area contributed by atoms with Crippen LogP contribution in [0, 0.1) is 0 Å². The monoisotopic (exact) mass is 237 g/mol. The van der Waals surface area contributed by atoms with Gasteiger partial charge in [-0.15, -0.1) is 0 Å². The summed E-state index contributed by atoms with van der Waals surface area (Å²) in [7, 11) is 0. The van der Waals surface area contributed by atoms with Crippen LogP contribution in [0.2, 0.25) is 0 Å². The highest BCUT2D eigenvalue weighted by molar-refractivity contribution is 5.88. The quantitative estimate of drug-likeness (QED) is 0.786. The zero-order valence-electron chi connectivity index (χ0n) is 11.3. The van der Waals surface area contributed by atoms with Crippen LogP contribution >= 0.6 is 0 Å². The largest absolute Gasteiger partial charge is 0.335 e. The van der Waals surface area contributed by atoms with Gasteiger partial charge in [0.05, 0.1) is 12.0 Å². The molecule has 0 aromatic carbocycles. The molecule has 0 aliphatic heterocycles. The Morgan fingerprint density at radius 1 is 1.47 bits per heavy atom. The minimum absolute atomic E-state index is 0.183. The van der Waals surface area contributed by atoms with E-state index in [0.29, 0.717) is 6.42 Å². The second-order valence-electron chi connectivity index (χ2n) is 4.79. The van der Waals surface area contributed by atoms with E-state index in [-0.39, 0.29) is 5.78 Å². The van der Waals surface area contributed by atoms with Gasteiger partial charge in [0, 0.05) is 18.9 Å². The maximum Gasteiger partial charge on any atom is 0.159 e. The van der Waals surface area contributed by atoms with Gasteiger partial charge >= 0.3 is 0 Å². The van der Waals surface area contributed by atoms with Gasteiger partial charge in [-0.1, -0.05) is 13.8 Å². The Hall–Kier alpha value is -1.16. The summed E-state index contributed by atoms with van der Waals surface area (Å²) in [6.07, 6.45) is 5.14. The van der Waals surface area contributed by atoms with E-state index in [1.165, 1.54) is 0 Å². The lowest BCUT2D eigenvalue weighted by Gasteiger charge is -2.24. The molecule has 0 fully saturated rings. The molecule has 4 heteroatoms. The van der Waals surface area contributed by atoms with Crippen LogP contribution in [0.3, 0.4) is 0 Å². The van der Waals surface area contributed by atoms with Crippen LogP contribution in [0.5, 0.6) is 0 Å². The number of hydrogen-bond donors (Lipinski definition) is 1. The van der Waals surface area contributed by atoms with Crippen molar-refractivity contribution in [3.63, 3.8) is 0 Å². The highest BCUT2D eigenvalue weighted by Crippen LogP contribution is 2.09. The van der Waals surface area contributed by atoms with Gasteiger partial charge in [0.2, 0.25) is 0 Å². The van der Waals surface area contributed by atoms with Crippen LogP contribution in [-0.2, 0) is 17.8 Å². The number of Topliss-reactive ketones (excluding diaryl/α,β-unsaturated/α-hetero) is 1. The Morgan fingerprint density at radius 2 is 2.18 bits per heavy atom. The van der Waals surface area contributed by atoms with Crippen LogP contribution in [-0.4, -0.2) is 27.4 Å². The third-order valence-electron chi connectivity index (χ3n) is 2.90. The minimum Gasteiger partial charge on any atom is -0.335 e. The van der Waals surface area contributed by atoms with Crippen molar-refractivity contribution in [3.8, 4) is 0 Å². The van der Waals surface area contributed by atoms with E-state index in [4.69, 9.17) is 0 Å². The Labute approximate surface area is 103 Å². The van der Waals surface area contributed by atoms with Crippen molar-refractivity contribution in [1.82, 2.24) is 14.9 Å². The molecule has 0 saturated carbocycles. The molecule has 0 radical (unpaired) electrons. The van der Waals surface area contributed by atoms with Crippen molar-refractivity contribution in [2.45, 2.75) is 52.6 Å². The summed E-state index contributed by atoms with van der Waals surface area (Å²) in [5, 5.41) is 3.20. The molecule has 0 atom stereocenters. The van der Waals surface area contributed by atoms with Gasteiger partial charge in [0.15, 0.2) is 5.78 Å². The van der Waals surface area contributed by atoms with Crippen molar-refractivity contribution in [2.75, 3.05) is 6.54 Å². The van der Waals surface area contributed by atoms with Crippen LogP contribution < -0.4 is 5.32 Å². The third kappa shape index (κ3) is 3.66. The first-order valence-electron chi connectivity index (χ1n) is 6.29. The van der Waals surface area contributed by atoms with E-state index in [0.717, 1.165) is 25.3 Å². The molecule has 1 N–H and O–H groups in total. The van der Waals surface area contributed by atoms with Crippen molar-refractivity contribution < 1.29 is 4.79 Å². The highest BCUT2D eigenvalue weighted by Gasteiger charge is 2.26. The second kappa shape index (κ2) is 5.96. The summed E-state index contributed by atoms with van der Waals surface area (Å²) >= 11 is 0. The van der Waals surface area contributed by atoms with Gasteiger partial charge in [-0.25, -0.2) is 4.98 Å². The van der Waals surface area contributed by atoms with Crippen LogP contribution in [0.15, 0.2) is 12.4 Å². The first kappa shape index (κ1) is 13.9. The number of aryl methyl sites for hydroxylation is 1. The molecule has 4 nitrogen and oxygen atoms in total. The normalized spacial score (nSPS) is 11.8. The van der Waals surface area contributed by atoms with Crippen molar-refractivity contribution >= 4 is 5.78 Å². The predicted molar refractivity (Wildman–Crippen MR) is 69.0 cm³/mol. The molecule has 0 bridgehead atoms. The van der Waals surface area contributed by atoms with Crippen molar-refractivity contribution in [1.29, 1.82) is 0 Å². The number of likely N-dealkylation sites (N-methyl/N-ethyl adjacent to an activating group) is 1. The van der Waals surface area contributed by atoms with Crippen molar-refractivity contribution in [3.05, 3.63) is 18.2 Å². The number of rotatable bonds is 7. The maximum absolute atomic E-state index is 12.2. The summed E-state index contributed by atoms with van der Waals surface area (Å²) in [5.74, 6) is 1.05. The summed E-state index contributed by atoms with van der Waals surface area (Å²) in [6.45, 7) is 9.69. The summed E-state index contributed by atoms with van der Waals surface area (Å²) in [4.78, 5) is 16.4. The summed E-state index contributed by atoms with van der Waals surface area (Å²) < 4.78 is 2.06. The zero-order chi connectivity index (χ0) is 12.9. The van der Waals surface area contributed by atoms with E-state index in [1.54, 1.807) is 6.20 Å². The number of nitrogens with one attached hydrogen (secondary N) is 1. The number of aromatic nitrogens is 2. The fourth-order valence-electron chi connectivity index (χ4n) is 1.86. The molecule has 0 saturated heterocycles. The van der Waals surface area contributed by atoms with E-state index in [9.17, 15) is 4.79 Å². The minimum atomic E-state index is -0.474. The van der Waals surface area contributed by atoms with Gasteiger partial charge in [0.1, 0.15) is 5.82 Å². The number of hydrogen-bond acceptors (Lipinski definition) is 3. The van der Waals surface area contributed by atoms with E-state index < -0.39 is 5.54 Å². The van der Waals surface area contributed by atoms with Crippen LogP contribution in [0.4, 0.5) is 0 Å². The molecule has 96 valence electrons. The van der Waals surface area contributed by atoms with Crippen molar-refractivity contribution in [2.24, 2.45) is 0 Å². The highest BCUT2D eigenvalue weighted by atomic mass is 16.1. The lowest BCUT2D eigenvalue weighted by molar-refractivity contribution is -0.123. The lowest BCUT2D eigenvalue weighted by atomic mass is 9.96. The Balaban J connectivity index is 2.70. The molecule has 1 heterocycles. The maximum atomic E-state index is 12.2. The smallest absolute Gasteiger partial charge is 0.159 e. The van der Waals surface area contributed by atoms with E-state index in [1.807, 2.05) is 27.0 Å². The fraction of sp³-hybridized carbons (Fsp3) is 0.692. The number of nitrogens with zero attached hydrogens (tertiary/aromatic N) is 2. The SMILES string of the molecule is CCCn1ccnc1CC(=O)C(C)(C)NCC. The molecule has 0 unspecified atom stereocenters. The summed E-state index contributed by atoms with van der Waals surface area (Å²) in [6, 6.07) is 0. The topological polar surface area (TPSA) is 46.9 Å². The molecular formula is C13H23N3O. The van der Waals surface area contributed by atoms with Gasteiger partial charge in [-0.3, -0.25) is 4.79 Å². The average Bonchev–Trinajstić information content (AvgIpc) is 2.66. The first-order valence-corrected chi connectivity index (χ1v) is 6.29. The number of carbonyl (C=O) groups excluding carboxylic acids is 1. The molecule has 0 aliphatic rings. The van der Waals surface area contributed by atoms with Gasteiger partial charge in [0.25, 0.3) is 0 Å². The second-order valence-corrected chi connectivity index (χ2v) is 4.79. The third-order valence-corrected chi connectivity index (χ3v) is 2.90. The van der Waals surface area contributed by atoms with Crippen LogP contribution in [0.25, 0.3) is 0 Å². The van der Waals surface area contributed by atoms with Crippen LogP contribution in [0.1, 0.15) is 39.9 Å². The van der Waals surface area contributed by atoms with E-state index >= 15 is 0 Å². The average molecular weight is 237 g/mol. The molecule has 0 aliphatic carbocycles. The fourth-order valence-corrected chi connectivity index (χ4v) is 1.86. The predicted octanol–water partition coefficient (Wildman–Crippen LogP) is 1.79. The van der Waals surface area contributed by atoms with Gasteiger partial charge in [-0.05, 0) is 26.8 Å². The number of carbonyl (C=O) groups is 1. The Kier molecular flexibility index (Phi) is 4.87. The van der Waals surface area contributed by atoms with E-state index in [2.05, 4.69) is 21.8 Å². The molecule has 1 aromatic heterocycles. The molecule has 0 spiro atoms. The Morgan fingerprint density at radius 3 is 2.76 bits per heavy atom. The van der Waals surface area contributed by atoms with Gasteiger partial charge in [-0.2, -0.15) is 0 Å². The first-order chi connectivity index (χ1) is 8.01. The van der Waals surface area contributed by atoms with Gasteiger partial charge < -0.3 is 9.88 Å². The molecule has 17 heavy (non-hydrogen) atoms. The number of imidazole rings is 1. The summed E-state index contributed by atoms with van der Waals surface area (Å²) in [5.41, 5.74) is -0.474. The molecule has 1 aromatic rings. The molecule has 0 amide bonds. The standard InChI is InChI=1S/C13H23N3O/c1-5-8-16-9-7-14-12(16)10-11(17)13(3,4)15-6-2/h7,9,15H,5-6,8,10H2,1-4H3. The number of ketones is 1. The molecule has 1 rings (SSSR count).